The van der Waals surface area contributed by atoms with Crippen molar-refractivity contribution in [2.24, 2.45) is 4.99 Å². The van der Waals surface area contributed by atoms with Crippen LogP contribution in [0.15, 0.2) is 41.1 Å². The van der Waals surface area contributed by atoms with Gasteiger partial charge in [0.15, 0.2) is 29.9 Å². The number of aliphatic imine (C=N–C) groups is 1. The number of aromatic hydroxyl groups is 1. The number of esters is 1. The van der Waals surface area contributed by atoms with Crippen LogP contribution in [0.5, 0.6) is 11.5 Å². The van der Waals surface area contributed by atoms with Gasteiger partial charge in [-0.3, -0.25) is 14.6 Å². The molecule has 60 heavy (non-hydrogen) atoms. The average molecular weight is 857 g/mol. The van der Waals surface area contributed by atoms with Gasteiger partial charge in [0.2, 0.25) is 6.29 Å². The molecule has 2 fully saturated rings. The van der Waals surface area contributed by atoms with Gasteiger partial charge < -0.3 is 89.9 Å². The van der Waals surface area contributed by atoms with E-state index in [2.05, 4.69) is 4.99 Å². The normalized spacial score (nSPS) is 32.6. The molecular weight excluding hydrogens is 812 g/mol. The number of aliphatic hydroxyl groups excluding tert-OH is 6. The van der Waals surface area contributed by atoms with Crippen LogP contribution in [0, 0.1) is 0 Å². The third-order valence-electron chi connectivity index (χ3n) is 9.97. The van der Waals surface area contributed by atoms with Gasteiger partial charge in [0.05, 0.1) is 25.0 Å². The molecule has 1 aromatic carbocycles. The highest BCUT2D eigenvalue weighted by Crippen LogP contribution is 2.42. The second kappa shape index (κ2) is 18.5. The molecule has 4 heterocycles. The number of carboxylic acids is 4. The van der Waals surface area contributed by atoms with Crippen LogP contribution in [0.25, 0.3) is 0 Å². The van der Waals surface area contributed by atoms with Gasteiger partial charge in [-0.05, 0) is 36.3 Å². The average Bonchev–Trinajstić information content (AvgIpc) is 3.52. The Morgan fingerprint density at radius 2 is 1.55 bits per heavy atom. The Hall–Kier alpha value is -5.28. The molecule has 0 bridgehead atoms. The van der Waals surface area contributed by atoms with Crippen LogP contribution in [-0.2, 0) is 49.3 Å². The maximum absolute atomic E-state index is 12.5. The monoisotopic (exact) mass is 856 g/mol. The molecule has 24 nitrogen and oxygen atoms in total. The molecule has 13 atom stereocenters. The standard InChI is InChI=1S/C36H44N2O22/c1-36(55,9-23(41)42)10-24(43)56-12-22-26(45)28(47)30(60-34-29(48)27(46)25(44)21(11-39)58-34)35(59-22)57-20-7-14-6-18(33(53)54)38(17(14)8-19(20)40)3-2-13-4-15(31(49)50)37-16(5-13)32(51)52/h2-4,7-8,16,18,21-22,25-30,34-35,39-40,44-48,55H,5-6,9-12H2,1H3,(H,41,42)(H,49,50)(H,51,52)(H,53,54)/b3-2+/t16-,18-,21+,22+,25+,26+,27-,28-,29+,30+,34-,35+,36?/m0/s1. The Bertz CT molecular complexity index is 1910. The largest absolute Gasteiger partial charge is 0.504 e. The lowest BCUT2D eigenvalue weighted by atomic mass is 9.97. The summed E-state index contributed by atoms with van der Waals surface area (Å²) in [6.07, 6.45) is -17.2. The van der Waals surface area contributed by atoms with E-state index in [1.165, 1.54) is 23.2 Å². The van der Waals surface area contributed by atoms with E-state index in [1.54, 1.807) is 0 Å². The Kier molecular flexibility index (Phi) is 14.2. The Balaban J connectivity index is 1.43. The van der Waals surface area contributed by atoms with Crippen LogP contribution in [-0.4, -0.2) is 189 Å². The third kappa shape index (κ3) is 10.4. The first-order valence-corrected chi connectivity index (χ1v) is 18.1. The predicted octanol–water partition coefficient (Wildman–Crippen LogP) is -3.80. The van der Waals surface area contributed by atoms with E-state index >= 15 is 0 Å². The molecule has 0 aromatic heterocycles. The maximum atomic E-state index is 12.5. The summed E-state index contributed by atoms with van der Waals surface area (Å²) in [5, 5.41) is 122. The predicted molar refractivity (Wildman–Crippen MR) is 192 cm³/mol. The summed E-state index contributed by atoms with van der Waals surface area (Å²) >= 11 is 0. The van der Waals surface area contributed by atoms with Crippen molar-refractivity contribution in [3.05, 3.63) is 41.6 Å². The molecule has 1 unspecified atom stereocenters. The number of hydrogen-bond donors (Lipinski definition) is 12. The number of allylic oxidation sites excluding steroid dienone is 1. The highest BCUT2D eigenvalue weighted by molar-refractivity contribution is 6.41. The van der Waals surface area contributed by atoms with Gasteiger partial charge in [0.25, 0.3) is 0 Å². The SMILES string of the molecule is CC(O)(CC(=O)O)CC(=O)OC[C@H]1O[C@@H](Oc2cc3c(cc2O)N(/C=C/C2=CC(C(=O)O)=N[C@H](C(=O)O)C2)[C@H](C(=O)O)C3)[C@H](O[C@@H]2O[C@H](CO)[C@@H](O)[C@H](O)[C@H]2O)[C@@H](O)[C@@H]1O. The zero-order chi connectivity index (χ0) is 44.4. The maximum Gasteiger partial charge on any atom is 0.354 e. The van der Waals surface area contributed by atoms with Crippen molar-refractivity contribution >= 4 is 41.2 Å². The summed E-state index contributed by atoms with van der Waals surface area (Å²) in [4.78, 5) is 64.0. The molecule has 24 heteroatoms. The van der Waals surface area contributed by atoms with Crippen LogP contribution >= 0.6 is 0 Å². The van der Waals surface area contributed by atoms with Gasteiger partial charge in [-0.15, -0.1) is 0 Å². The van der Waals surface area contributed by atoms with Crippen LogP contribution < -0.4 is 9.64 Å². The minimum atomic E-state index is -2.08. The van der Waals surface area contributed by atoms with E-state index < -0.39 is 152 Å². The fourth-order valence-electron chi connectivity index (χ4n) is 6.89. The van der Waals surface area contributed by atoms with E-state index in [0.29, 0.717) is 0 Å². The molecule has 1 aromatic rings. The molecule has 0 aliphatic carbocycles. The first-order valence-electron chi connectivity index (χ1n) is 18.1. The summed E-state index contributed by atoms with van der Waals surface area (Å²) in [5.74, 6) is -7.89. The van der Waals surface area contributed by atoms with Gasteiger partial charge in [0.1, 0.15) is 61.1 Å². The van der Waals surface area contributed by atoms with Crippen molar-refractivity contribution < 1.29 is 109 Å². The van der Waals surface area contributed by atoms with Crippen LogP contribution in [0.3, 0.4) is 0 Å². The number of nitrogens with zero attached hydrogens (tertiary/aromatic N) is 2. The fourth-order valence-corrected chi connectivity index (χ4v) is 6.89. The topological polar surface area (TPSA) is 390 Å². The van der Waals surface area contributed by atoms with Crippen LogP contribution in [0.1, 0.15) is 31.7 Å². The lowest BCUT2D eigenvalue weighted by Gasteiger charge is -2.46. The number of fused-ring (bicyclic) bond motifs is 1. The Morgan fingerprint density at radius 3 is 2.17 bits per heavy atom. The molecule has 0 saturated carbocycles. The van der Waals surface area contributed by atoms with Crippen LogP contribution in [0.4, 0.5) is 5.69 Å². The second-order valence-corrected chi connectivity index (χ2v) is 14.7. The molecular formula is C36H44N2O22. The number of dihydropyridines is 1. The third-order valence-corrected chi connectivity index (χ3v) is 9.97. The highest BCUT2D eigenvalue weighted by Gasteiger charge is 2.52. The molecule has 0 radical (unpaired) electrons. The van der Waals surface area contributed by atoms with Gasteiger partial charge in [-0.25, -0.2) is 14.4 Å². The Labute approximate surface area is 338 Å². The zero-order valence-corrected chi connectivity index (χ0v) is 31.4. The number of hydrogen-bond acceptors (Lipinski definition) is 20. The molecule has 5 rings (SSSR count). The van der Waals surface area contributed by atoms with Gasteiger partial charge in [-0.2, -0.15) is 0 Å². The van der Waals surface area contributed by atoms with E-state index in [1.807, 2.05) is 0 Å². The summed E-state index contributed by atoms with van der Waals surface area (Å²) in [6.45, 7) is -0.639. The van der Waals surface area contributed by atoms with Gasteiger partial charge in [0, 0.05) is 30.8 Å². The number of phenolic OH excluding ortho intramolecular Hbond substituents is 1. The Morgan fingerprint density at radius 1 is 0.883 bits per heavy atom. The number of rotatable bonds is 16. The fraction of sp³-hybridized carbons (Fsp3) is 0.556. The number of benzene rings is 1. The van der Waals surface area contributed by atoms with Crippen molar-refractivity contribution in [2.75, 3.05) is 18.1 Å². The number of carbonyl (C=O) groups excluding carboxylic acids is 1. The van der Waals surface area contributed by atoms with Crippen molar-refractivity contribution in [1.82, 2.24) is 0 Å². The number of carboxylic acid groups (broad SMARTS) is 4. The number of ether oxygens (including phenoxy) is 5. The van der Waals surface area contributed by atoms with Gasteiger partial charge >= 0.3 is 29.8 Å². The van der Waals surface area contributed by atoms with Crippen molar-refractivity contribution in [3.8, 4) is 11.5 Å². The highest BCUT2D eigenvalue weighted by atomic mass is 16.8. The first kappa shape index (κ1) is 45.8. The van der Waals surface area contributed by atoms with Crippen molar-refractivity contribution in [3.63, 3.8) is 0 Å². The number of aliphatic hydroxyl groups is 7. The lowest BCUT2D eigenvalue weighted by molar-refractivity contribution is -0.358. The van der Waals surface area contributed by atoms with E-state index in [0.717, 1.165) is 19.1 Å². The van der Waals surface area contributed by atoms with Crippen molar-refractivity contribution in [2.45, 2.75) is 112 Å². The number of anilines is 1. The van der Waals surface area contributed by atoms with Crippen molar-refractivity contribution in [1.29, 1.82) is 0 Å². The quantitative estimate of drug-likeness (QED) is 0.0709. The molecule has 0 spiro atoms. The first-order chi connectivity index (χ1) is 28.1. The van der Waals surface area contributed by atoms with Gasteiger partial charge in [-0.1, -0.05) is 0 Å². The summed E-state index contributed by atoms with van der Waals surface area (Å²) in [6, 6.07) is -0.470. The molecule has 0 amide bonds. The zero-order valence-electron chi connectivity index (χ0n) is 31.4. The number of phenols is 1. The lowest BCUT2D eigenvalue weighted by Crippen LogP contribution is -2.65. The number of aliphatic carboxylic acids is 4. The summed E-state index contributed by atoms with van der Waals surface area (Å²) < 4.78 is 27.9. The minimum absolute atomic E-state index is 0.111. The molecule has 12 N–H and O–H groups in total. The number of carbonyl (C=O) groups is 5. The smallest absolute Gasteiger partial charge is 0.354 e. The minimum Gasteiger partial charge on any atom is -0.504 e. The van der Waals surface area contributed by atoms with E-state index in [9.17, 15) is 80.1 Å². The van der Waals surface area contributed by atoms with Crippen LogP contribution in [0.2, 0.25) is 0 Å². The summed E-state index contributed by atoms with van der Waals surface area (Å²) in [5.41, 5.74) is -2.04. The molecule has 4 aliphatic heterocycles. The molecule has 330 valence electrons. The second-order valence-electron chi connectivity index (χ2n) is 14.7. The molecule has 2 saturated heterocycles. The molecule has 4 aliphatic rings. The summed E-state index contributed by atoms with van der Waals surface area (Å²) in [7, 11) is 0. The van der Waals surface area contributed by atoms with E-state index in [-0.39, 0.29) is 29.7 Å². The van der Waals surface area contributed by atoms with E-state index in [4.69, 9.17) is 28.8 Å².